The summed E-state index contributed by atoms with van der Waals surface area (Å²) in [5.41, 5.74) is 9.79. The van der Waals surface area contributed by atoms with Crippen molar-refractivity contribution in [1.29, 1.82) is 0 Å². The zero-order chi connectivity index (χ0) is 13.4. The smallest absolute Gasteiger partial charge is 0.230 e. The van der Waals surface area contributed by atoms with E-state index in [9.17, 15) is 0 Å². The van der Waals surface area contributed by atoms with Crippen LogP contribution in [0.2, 0.25) is 0 Å². The molecule has 2 aromatic heterocycles. The van der Waals surface area contributed by atoms with Gasteiger partial charge in [0.05, 0.1) is 14.2 Å². The molecule has 0 saturated carbocycles. The molecule has 0 aliphatic carbocycles. The molecule has 0 fully saturated rings. The van der Waals surface area contributed by atoms with Crippen molar-refractivity contribution in [2.75, 3.05) is 5.73 Å². The van der Waals surface area contributed by atoms with Crippen LogP contribution < -0.4 is 5.73 Å². The normalized spacial score (nSPS) is 10.8. The number of thiophene rings is 1. The number of rotatable bonds is 2. The monoisotopic (exact) mass is 334 g/mol. The second-order valence-electron chi connectivity index (χ2n) is 4.24. The summed E-state index contributed by atoms with van der Waals surface area (Å²) in [6.45, 7) is 2.05. The number of aromatic nitrogens is 1. The molecule has 3 aromatic rings. The van der Waals surface area contributed by atoms with Crippen molar-refractivity contribution < 1.29 is 4.52 Å². The lowest BCUT2D eigenvalue weighted by atomic mass is 10.0. The van der Waals surface area contributed by atoms with Gasteiger partial charge in [0.15, 0.2) is 0 Å². The number of nitrogen functional groups attached to an aromatic ring is 1. The van der Waals surface area contributed by atoms with E-state index < -0.39 is 0 Å². The summed E-state index contributed by atoms with van der Waals surface area (Å²) in [5.74, 6) is 0.350. The van der Waals surface area contributed by atoms with Crippen molar-refractivity contribution in [3.8, 4) is 21.7 Å². The van der Waals surface area contributed by atoms with Crippen molar-refractivity contribution in [1.82, 2.24) is 5.16 Å². The van der Waals surface area contributed by atoms with Crippen molar-refractivity contribution in [2.24, 2.45) is 0 Å². The van der Waals surface area contributed by atoms with Crippen LogP contribution >= 0.6 is 27.3 Å². The molecule has 0 amide bonds. The van der Waals surface area contributed by atoms with Gasteiger partial charge in [0.25, 0.3) is 0 Å². The molecular weight excluding hydrogens is 324 g/mol. The molecule has 5 heteroatoms. The molecule has 0 radical (unpaired) electrons. The lowest BCUT2D eigenvalue weighted by Gasteiger charge is -2.01. The molecule has 0 spiro atoms. The van der Waals surface area contributed by atoms with Crippen LogP contribution in [0.5, 0.6) is 0 Å². The van der Waals surface area contributed by atoms with Crippen LogP contribution in [0.1, 0.15) is 5.56 Å². The van der Waals surface area contributed by atoms with Gasteiger partial charge in [0, 0.05) is 0 Å². The predicted molar refractivity (Wildman–Crippen MR) is 82.1 cm³/mol. The van der Waals surface area contributed by atoms with Gasteiger partial charge in [0.1, 0.15) is 5.69 Å². The molecule has 0 saturated heterocycles. The molecule has 0 atom stereocenters. The number of benzene rings is 1. The van der Waals surface area contributed by atoms with E-state index in [0.29, 0.717) is 5.88 Å². The van der Waals surface area contributed by atoms with Gasteiger partial charge in [-0.15, -0.1) is 11.3 Å². The quantitative estimate of drug-likeness (QED) is 0.737. The van der Waals surface area contributed by atoms with E-state index in [4.69, 9.17) is 10.3 Å². The van der Waals surface area contributed by atoms with Gasteiger partial charge in [-0.1, -0.05) is 35.0 Å². The summed E-state index contributed by atoms with van der Waals surface area (Å²) >= 11 is 5.06. The molecule has 2 heterocycles. The molecular formula is C14H11BrN2OS. The minimum atomic E-state index is 0.350. The SMILES string of the molecule is Cc1ccc(-c2c(-c3ccc(Br)s3)noc2N)cc1. The van der Waals surface area contributed by atoms with Gasteiger partial charge >= 0.3 is 0 Å². The Morgan fingerprint density at radius 3 is 2.53 bits per heavy atom. The third-order valence-electron chi connectivity index (χ3n) is 2.87. The van der Waals surface area contributed by atoms with Crippen LogP contribution in [-0.4, -0.2) is 5.16 Å². The van der Waals surface area contributed by atoms with Crippen LogP contribution in [0.3, 0.4) is 0 Å². The molecule has 3 rings (SSSR count). The number of nitrogens with two attached hydrogens (primary N) is 1. The third kappa shape index (κ3) is 2.31. The van der Waals surface area contributed by atoms with Gasteiger partial charge in [-0.05, 0) is 40.5 Å². The highest BCUT2D eigenvalue weighted by atomic mass is 79.9. The number of nitrogens with zero attached hydrogens (tertiary/aromatic N) is 1. The van der Waals surface area contributed by atoms with Crippen LogP contribution in [0.15, 0.2) is 44.7 Å². The standard InChI is InChI=1S/C14H11BrN2OS/c1-8-2-4-9(5-3-8)12-13(17-18-14(12)16)10-6-7-11(15)19-10/h2-7H,16H2,1H3. The molecule has 1 aromatic carbocycles. The molecule has 96 valence electrons. The van der Waals surface area contributed by atoms with E-state index in [-0.39, 0.29) is 0 Å². The van der Waals surface area contributed by atoms with E-state index in [1.165, 1.54) is 5.56 Å². The number of anilines is 1. The van der Waals surface area contributed by atoms with Gasteiger partial charge < -0.3 is 10.3 Å². The van der Waals surface area contributed by atoms with E-state index in [0.717, 1.165) is 25.5 Å². The van der Waals surface area contributed by atoms with E-state index in [1.807, 2.05) is 24.3 Å². The Hall–Kier alpha value is -1.59. The minimum absolute atomic E-state index is 0.350. The summed E-state index contributed by atoms with van der Waals surface area (Å²) in [5, 5.41) is 4.09. The molecule has 0 aliphatic rings. The maximum absolute atomic E-state index is 5.92. The molecule has 19 heavy (non-hydrogen) atoms. The molecule has 0 bridgehead atoms. The minimum Gasteiger partial charge on any atom is -0.367 e. The Morgan fingerprint density at radius 1 is 1.16 bits per heavy atom. The highest BCUT2D eigenvalue weighted by Gasteiger charge is 2.18. The van der Waals surface area contributed by atoms with E-state index >= 15 is 0 Å². The first kappa shape index (κ1) is 12.4. The Kier molecular flexibility index (Phi) is 3.16. The van der Waals surface area contributed by atoms with Crippen molar-refractivity contribution >= 4 is 33.2 Å². The van der Waals surface area contributed by atoms with E-state index in [1.54, 1.807) is 11.3 Å². The fraction of sp³-hybridized carbons (Fsp3) is 0.0714. The predicted octanol–water partition coefficient (Wildman–Crippen LogP) is 4.72. The Bertz CT molecular complexity index is 715. The summed E-state index contributed by atoms with van der Waals surface area (Å²) in [6, 6.07) is 12.2. The highest BCUT2D eigenvalue weighted by molar-refractivity contribution is 9.11. The summed E-state index contributed by atoms with van der Waals surface area (Å²) < 4.78 is 6.22. The Labute approximate surface area is 123 Å². The zero-order valence-corrected chi connectivity index (χ0v) is 12.6. The van der Waals surface area contributed by atoms with Crippen LogP contribution in [0.25, 0.3) is 21.7 Å². The molecule has 0 aliphatic heterocycles. The van der Waals surface area contributed by atoms with Crippen LogP contribution in [0, 0.1) is 6.92 Å². The average Bonchev–Trinajstić information content (AvgIpc) is 2.97. The molecule has 0 unspecified atom stereocenters. The Morgan fingerprint density at radius 2 is 1.89 bits per heavy atom. The molecule has 3 nitrogen and oxygen atoms in total. The Balaban J connectivity index is 2.16. The van der Waals surface area contributed by atoms with Gasteiger partial charge in [-0.25, -0.2) is 0 Å². The highest BCUT2D eigenvalue weighted by Crippen LogP contribution is 2.40. The van der Waals surface area contributed by atoms with Crippen molar-refractivity contribution in [3.63, 3.8) is 0 Å². The number of hydrogen-bond donors (Lipinski definition) is 1. The van der Waals surface area contributed by atoms with Crippen LogP contribution in [0.4, 0.5) is 5.88 Å². The maximum Gasteiger partial charge on any atom is 0.230 e. The number of aryl methyl sites for hydroxylation is 1. The first-order valence-electron chi connectivity index (χ1n) is 5.73. The second-order valence-corrected chi connectivity index (χ2v) is 6.70. The largest absolute Gasteiger partial charge is 0.367 e. The lowest BCUT2D eigenvalue weighted by Crippen LogP contribution is -1.87. The molecule has 2 N–H and O–H groups in total. The average molecular weight is 335 g/mol. The first-order valence-corrected chi connectivity index (χ1v) is 7.34. The van der Waals surface area contributed by atoms with Crippen molar-refractivity contribution in [2.45, 2.75) is 6.92 Å². The topological polar surface area (TPSA) is 52.0 Å². The summed E-state index contributed by atoms with van der Waals surface area (Å²) in [4.78, 5) is 1.03. The van der Waals surface area contributed by atoms with Crippen LogP contribution in [-0.2, 0) is 0 Å². The third-order valence-corrected chi connectivity index (χ3v) is 4.50. The fourth-order valence-electron chi connectivity index (χ4n) is 1.91. The summed E-state index contributed by atoms with van der Waals surface area (Å²) in [7, 11) is 0. The van der Waals surface area contributed by atoms with E-state index in [2.05, 4.69) is 40.1 Å². The number of halogens is 1. The van der Waals surface area contributed by atoms with Crippen molar-refractivity contribution in [3.05, 3.63) is 45.7 Å². The number of hydrogen-bond acceptors (Lipinski definition) is 4. The maximum atomic E-state index is 5.92. The zero-order valence-electron chi connectivity index (χ0n) is 10.2. The summed E-state index contributed by atoms with van der Waals surface area (Å²) in [6.07, 6.45) is 0. The van der Waals surface area contributed by atoms with Gasteiger partial charge in [-0.3, -0.25) is 0 Å². The van der Waals surface area contributed by atoms with Gasteiger partial charge in [0.2, 0.25) is 5.88 Å². The second kappa shape index (κ2) is 4.83. The lowest BCUT2D eigenvalue weighted by molar-refractivity contribution is 0.439. The van der Waals surface area contributed by atoms with Gasteiger partial charge in [-0.2, -0.15) is 0 Å². The first-order chi connectivity index (χ1) is 9.15. The fourth-order valence-corrected chi connectivity index (χ4v) is 3.29.